The van der Waals surface area contributed by atoms with Crippen LogP contribution < -0.4 is 15.2 Å². The van der Waals surface area contributed by atoms with Crippen LogP contribution in [0.15, 0.2) is 6.07 Å². The molecule has 0 aliphatic heterocycles. The standard InChI is InChI=1S/C12H15F3N2O4/c1-3-20-9(18)5-7-4-8(6-16)11(17-10(7)19-2)21-12(13,14)15/h4H,3,5-6,16H2,1-2H3. The molecule has 1 aromatic rings. The highest BCUT2D eigenvalue weighted by atomic mass is 19.4. The van der Waals surface area contributed by atoms with Crippen LogP contribution in [-0.2, 0) is 22.5 Å². The van der Waals surface area contributed by atoms with E-state index in [9.17, 15) is 18.0 Å². The number of halogens is 3. The minimum atomic E-state index is -4.90. The molecule has 118 valence electrons. The Kier molecular flexibility index (Phi) is 5.77. The minimum Gasteiger partial charge on any atom is -0.481 e. The molecule has 0 spiro atoms. The second kappa shape index (κ2) is 7.11. The predicted octanol–water partition coefficient (Wildman–Crippen LogP) is 1.55. The zero-order valence-electron chi connectivity index (χ0n) is 11.5. The van der Waals surface area contributed by atoms with Gasteiger partial charge >= 0.3 is 12.3 Å². The first-order chi connectivity index (χ1) is 9.80. The molecule has 1 aromatic heterocycles. The summed E-state index contributed by atoms with van der Waals surface area (Å²) < 4.78 is 50.3. The summed E-state index contributed by atoms with van der Waals surface area (Å²) in [5, 5.41) is 0. The fraction of sp³-hybridized carbons (Fsp3) is 0.500. The van der Waals surface area contributed by atoms with Crippen LogP contribution in [0.3, 0.4) is 0 Å². The summed E-state index contributed by atoms with van der Waals surface area (Å²) in [6, 6.07) is 1.28. The second-order valence-electron chi connectivity index (χ2n) is 3.85. The van der Waals surface area contributed by atoms with Crippen molar-refractivity contribution in [3.63, 3.8) is 0 Å². The van der Waals surface area contributed by atoms with Crippen molar-refractivity contribution in [1.29, 1.82) is 0 Å². The van der Waals surface area contributed by atoms with Crippen molar-refractivity contribution in [2.45, 2.75) is 26.3 Å². The zero-order chi connectivity index (χ0) is 16.0. The number of nitrogens with zero attached hydrogens (tertiary/aromatic N) is 1. The third kappa shape index (κ3) is 5.10. The van der Waals surface area contributed by atoms with E-state index < -0.39 is 18.2 Å². The van der Waals surface area contributed by atoms with Gasteiger partial charge in [-0.25, -0.2) is 0 Å². The lowest BCUT2D eigenvalue weighted by Crippen LogP contribution is -2.20. The largest absolute Gasteiger partial charge is 0.574 e. The number of carbonyl (C=O) groups is 1. The van der Waals surface area contributed by atoms with Crippen LogP contribution in [0.5, 0.6) is 11.8 Å². The van der Waals surface area contributed by atoms with E-state index in [1.165, 1.54) is 13.2 Å². The average Bonchev–Trinajstić information content (AvgIpc) is 2.38. The molecule has 21 heavy (non-hydrogen) atoms. The number of alkyl halides is 3. The highest BCUT2D eigenvalue weighted by molar-refractivity contribution is 5.73. The van der Waals surface area contributed by atoms with Crippen molar-refractivity contribution in [1.82, 2.24) is 4.98 Å². The Morgan fingerprint density at radius 2 is 2.00 bits per heavy atom. The van der Waals surface area contributed by atoms with Gasteiger partial charge in [0.1, 0.15) is 0 Å². The Labute approximate surface area is 119 Å². The Morgan fingerprint density at radius 3 is 2.48 bits per heavy atom. The molecule has 0 aliphatic rings. The Balaban J connectivity index is 3.13. The second-order valence-corrected chi connectivity index (χ2v) is 3.85. The average molecular weight is 308 g/mol. The van der Waals surface area contributed by atoms with Gasteiger partial charge in [-0.1, -0.05) is 0 Å². The molecule has 0 aliphatic carbocycles. The van der Waals surface area contributed by atoms with Crippen molar-refractivity contribution in [2.24, 2.45) is 5.73 Å². The lowest BCUT2D eigenvalue weighted by atomic mass is 10.1. The molecule has 2 N–H and O–H groups in total. The summed E-state index contributed by atoms with van der Waals surface area (Å²) in [7, 11) is 1.22. The molecule has 0 amide bonds. The first-order valence-corrected chi connectivity index (χ1v) is 5.99. The van der Waals surface area contributed by atoms with Gasteiger partial charge in [0.25, 0.3) is 0 Å². The lowest BCUT2D eigenvalue weighted by Gasteiger charge is -2.15. The van der Waals surface area contributed by atoms with Gasteiger partial charge in [-0.15, -0.1) is 13.2 Å². The molecule has 0 saturated carbocycles. The van der Waals surface area contributed by atoms with Gasteiger partial charge in [-0.3, -0.25) is 4.79 Å². The number of carbonyl (C=O) groups excluding carboxylic acids is 1. The van der Waals surface area contributed by atoms with Crippen molar-refractivity contribution in [3.05, 3.63) is 17.2 Å². The maximum absolute atomic E-state index is 12.3. The summed E-state index contributed by atoms with van der Waals surface area (Å²) in [6.07, 6.45) is -5.09. The smallest absolute Gasteiger partial charge is 0.481 e. The molecule has 9 heteroatoms. The first kappa shape index (κ1) is 17.0. The van der Waals surface area contributed by atoms with Crippen LogP contribution in [-0.4, -0.2) is 31.0 Å². The Morgan fingerprint density at radius 1 is 1.33 bits per heavy atom. The summed E-state index contributed by atoms with van der Waals surface area (Å²) in [5.41, 5.74) is 5.65. The number of aromatic nitrogens is 1. The van der Waals surface area contributed by atoms with E-state index in [2.05, 4.69) is 9.72 Å². The molecule has 0 saturated heterocycles. The number of nitrogens with two attached hydrogens (primary N) is 1. The minimum absolute atomic E-state index is 0.00687. The number of rotatable bonds is 6. The molecule has 1 rings (SSSR count). The molecule has 0 fully saturated rings. The zero-order valence-corrected chi connectivity index (χ0v) is 11.5. The Bertz CT molecular complexity index is 506. The van der Waals surface area contributed by atoms with Gasteiger partial charge < -0.3 is 19.9 Å². The highest BCUT2D eigenvalue weighted by Gasteiger charge is 2.33. The molecule has 0 radical (unpaired) electrons. The topological polar surface area (TPSA) is 83.7 Å². The van der Waals surface area contributed by atoms with Crippen LogP contribution >= 0.6 is 0 Å². The normalized spacial score (nSPS) is 11.1. The Hall–Kier alpha value is -2.03. The van der Waals surface area contributed by atoms with Gasteiger partial charge in [0.05, 0.1) is 20.1 Å². The van der Waals surface area contributed by atoms with Crippen molar-refractivity contribution in [2.75, 3.05) is 13.7 Å². The van der Waals surface area contributed by atoms with Gasteiger partial charge in [0.2, 0.25) is 11.8 Å². The molecule has 0 unspecified atom stereocenters. The number of methoxy groups -OCH3 is 1. The maximum Gasteiger partial charge on any atom is 0.574 e. The van der Waals surface area contributed by atoms with Gasteiger partial charge in [0, 0.05) is 17.7 Å². The van der Waals surface area contributed by atoms with E-state index in [0.29, 0.717) is 0 Å². The van der Waals surface area contributed by atoms with Crippen LogP contribution in [0, 0.1) is 0 Å². The van der Waals surface area contributed by atoms with Gasteiger partial charge in [-0.05, 0) is 13.0 Å². The van der Waals surface area contributed by atoms with Gasteiger partial charge in [0.15, 0.2) is 0 Å². The fourth-order valence-electron chi connectivity index (χ4n) is 1.58. The fourth-order valence-corrected chi connectivity index (χ4v) is 1.58. The quantitative estimate of drug-likeness (QED) is 0.803. The van der Waals surface area contributed by atoms with Crippen molar-refractivity contribution in [3.8, 4) is 11.8 Å². The van der Waals surface area contributed by atoms with Crippen molar-refractivity contribution >= 4 is 5.97 Å². The van der Waals surface area contributed by atoms with Crippen LogP contribution in [0.2, 0.25) is 0 Å². The summed E-state index contributed by atoms with van der Waals surface area (Å²) in [5.74, 6) is -1.40. The number of esters is 1. The summed E-state index contributed by atoms with van der Waals surface area (Å²) in [6.45, 7) is 1.59. The third-order valence-corrected chi connectivity index (χ3v) is 2.37. The van der Waals surface area contributed by atoms with Crippen LogP contribution in [0.1, 0.15) is 18.1 Å². The van der Waals surface area contributed by atoms with Crippen LogP contribution in [0.25, 0.3) is 0 Å². The highest BCUT2D eigenvalue weighted by Crippen LogP contribution is 2.29. The molecular weight excluding hydrogens is 293 g/mol. The van der Waals surface area contributed by atoms with E-state index in [0.717, 1.165) is 0 Å². The van der Waals surface area contributed by atoms with Crippen molar-refractivity contribution < 1.29 is 32.2 Å². The lowest BCUT2D eigenvalue weighted by molar-refractivity contribution is -0.276. The van der Waals surface area contributed by atoms with E-state index in [-0.39, 0.29) is 36.6 Å². The number of hydrogen-bond acceptors (Lipinski definition) is 6. The third-order valence-electron chi connectivity index (χ3n) is 2.37. The number of pyridine rings is 1. The maximum atomic E-state index is 12.3. The molecule has 0 atom stereocenters. The summed E-state index contributed by atoms with van der Waals surface area (Å²) in [4.78, 5) is 15.1. The SMILES string of the molecule is CCOC(=O)Cc1cc(CN)c(OC(F)(F)F)nc1OC. The number of hydrogen-bond donors (Lipinski definition) is 1. The van der Waals surface area contributed by atoms with E-state index in [4.69, 9.17) is 15.2 Å². The van der Waals surface area contributed by atoms with E-state index >= 15 is 0 Å². The monoisotopic (exact) mass is 308 g/mol. The predicted molar refractivity (Wildman–Crippen MR) is 65.7 cm³/mol. The molecular formula is C12H15F3N2O4. The molecule has 0 bridgehead atoms. The first-order valence-electron chi connectivity index (χ1n) is 5.99. The molecule has 0 aromatic carbocycles. The molecule has 6 nitrogen and oxygen atoms in total. The number of ether oxygens (including phenoxy) is 3. The van der Waals surface area contributed by atoms with Gasteiger partial charge in [-0.2, -0.15) is 4.98 Å². The van der Waals surface area contributed by atoms with E-state index in [1.54, 1.807) is 6.92 Å². The molecule has 1 heterocycles. The van der Waals surface area contributed by atoms with Crippen LogP contribution in [0.4, 0.5) is 13.2 Å². The summed E-state index contributed by atoms with van der Waals surface area (Å²) >= 11 is 0. The van der Waals surface area contributed by atoms with E-state index in [1.807, 2.05) is 0 Å².